The molecular formula is C87H94N18O12. The summed E-state index contributed by atoms with van der Waals surface area (Å²) in [6.07, 6.45) is 2.09. The molecule has 0 saturated carbocycles. The van der Waals surface area contributed by atoms with Gasteiger partial charge in [-0.15, -0.1) is 0 Å². The van der Waals surface area contributed by atoms with Gasteiger partial charge in [-0.1, -0.05) is 78.9 Å². The summed E-state index contributed by atoms with van der Waals surface area (Å²) in [5.74, 6) is 6.43. The second kappa shape index (κ2) is 42.3. The number of nitrogens with one attached hydrogen (secondary N) is 6. The Labute approximate surface area is 679 Å². The number of aromatic nitrogens is 9. The van der Waals surface area contributed by atoms with Crippen molar-refractivity contribution >= 4 is 87.1 Å². The summed E-state index contributed by atoms with van der Waals surface area (Å²) in [5.41, 5.74) is 10.8. The molecule has 30 nitrogen and oxygen atoms in total. The van der Waals surface area contributed by atoms with Gasteiger partial charge in [-0.05, 0) is 162 Å². The summed E-state index contributed by atoms with van der Waals surface area (Å²) in [4.78, 5) is 59.8. The minimum Gasteiger partial charge on any atom is -0.497 e. The molecule has 1 amide bonds. The Hall–Kier alpha value is -13.8. The van der Waals surface area contributed by atoms with Crippen LogP contribution in [0.1, 0.15) is 27.0 Å². The molecule has 117 heavy (non-hydrogen) atoms. The van der Waals surface area contributed by atoms with E-state index in [2.05, 4.69) is 98.7 Å². The maximum Gasteiger partial charge on any atom is 0.323 e. The summed E-state index contributed by atoms with van der Waals surface area (Å²) in [6, 6.07) is 72.4. The second-order valence-corrected chi connectivity index (χ2v) is 26.5. The van der Waals surface area contributed by atoms with E-state index in [0.717, 1.165) is 87.7 Å². The largest absolute Gasteiger partial charge is 0.497 e. The van der Waals surface area contributed by atoms with Gasteiger partial charge < -0.3 is 98.7 Å². The molecule has 12 aromatic rings. The van der Waals surface area contributed by atoms with Crippen LogP contribution in [-0.4, -0.2) is 185 Å². The van der Waals surface area contributed by atoms with E-state index in [9.17, 15) is 4.79 Å². The monoisotopic (exact) mass is 1580 g/mol. The number of carbonyl (C=O) groups excluding carboxylic acids is 1. The smallest absolute Gasteiger partial charge is 0.323 e. The van der Waals surface area contributed by atoms with Crippen LogP contribution in [0.4, 0.5) is 81.2 Å². The lowest BCUT2D eigenvalue weighted by Crippen LogP contribution is -2.37. The van der Waals surface area contributed by atoms with Crippen molar-refractivity contribution in [2.24, 2.45) is 0 Å². The number of amides is 1. The first-order valence-electron chi connectivity index (χ1n) is 38.4. The molecule has 30 heteroatoms. The van der Waals surface area contributed by atoms with E-state index in [4.69, 9.17) is 52.1 Å². The van der Waals surface area contributed by atoms with Crippen LogP contribution < -0.4 is 84.5 Å². The van der Waals surface area contributed by atoms with Gasteiger partial charge in [0.2, 0.25) is 35.7 Å². The fourth-order valence-electron chi connectivity index (χ4n) is 12.2. The molecule has 0 aliphatic carbocycles. The van der Waals surface area contributed by atoms with Crippen molar-refractivity contribution in [2.75, 3.05) is 181 Å². The summed E-state index contributed by atoms with van der Waals surface area (Å²) < 4.78 is 61.1. The lowest BCUT2D eigenvalue weighted by atomic mass is 10.1. The fourth-order valence-corrected chi connectivity index (χ4v) is 12.2. The summed E-state index contributed by atoms with van der Waals surface area (Å²) in [6.45, 7) is 9.17. The van der Waals surface area contributed by atoms with Crippen molar-refractivity contribution < 1.29 is 56.9 Å². The van der Waals surface area contributed by atoms with Gasteiger partial charge in [0.1, 0.15) is 17.2 Å². The molecular weight excluding hydrogens is 1490 g/mol. The Morgan fingerprint density at radius 2 is 0.709 bits per heavy atom. The zero-order valence-corrected chi connectivity index (χ0v) is 65.9. The van der Waals surface area contributed by atoms with Crippen molar-refractivity contribution in [1.29, 1.82) is 0 Å². The van der Waals surface area contributed by atoms with Crippen molar-refractivity contribution in [1.82, 2.24) is 44.9 Å². The van der Waals surface area contributed by atoms with E-state index >= 15 is 0 Å². The molecule has 9 aromatic carbocycles. The highest BCUT2D eigenvalue weighted by atomic mass is 16.5. The molecule has 6 N–H and O–H groups in total. The van der Waals surface area contributed by atoms with Gasteiger partial charge in [0, 0.05) is 104 Å². The van der Waals surface area contributed by atoms with E-state index in [-0.39, 0.29) is 17.9 Å². The first-order valence-corrected chi connectivity index (χ1v) is 38.4. The molecule has 6 heterocycles. The number of benzene rings is 9. The Bertz CT molecular complexity index is 5080. The van der Waals surface area contributed by atoms with Gasteiger partial charge in [0.15, 0.2) is 11.5 Å². The van der Waals surface area contributed by atoms with Crippen molar-refractivity contribution in [3.63, 3.8) is 0 Å². The first kappa shape index (κ1) is 81.2. The third-order valence-electron chi connectivity index (χ3n) is 18.5. The van der Waals surface area contributed by atoms with Gasteiger partial charge >= 0.3 is 18.0 Å². The number of hydrogen-bond acceptors (Lipinski definition) is 29. The van der Waals surface area contributed by atoms with E-state index in [1.54, 1.807) is 47.7 Å². The highest BCUT2D eigenvalue weighted by Crippen LogP contribution is 2.32. The van der Waals surface area contributed by atoms with E-state index in [1.165, 1.54) is 5.56 Å². The van der Waals surface area contributed by atoms with E-state index in [0.29, 0.717) is 163 Å². The molecule has 3 aromatic heterocycles. The van der Waals surface area contributed by atoms with Crippen LogP contribution in [0.5, 0.6) is 46.8 Å². The van der Waals surface area contributed by atoms with Crippen molar-refractivity contribution in [3.05, 3.63) is 247 Å². The van der Waals surface area contributed by atoms with Crippen LogP contribution in [0.3, 0.4) is 0 Å². The SMILES string of the molecule is COc1ccc(Nc2ccc(Nc3nc(OCCc4ccccc4)nc(N4CCOCC4)n3)cc2)cc1.COc1cccc(CCOc2nc(Nc3ccc(NC(=O)c4ccccc4)cc3)nc(N3CCOCC3)n2)c1.COc1ccccc1Nc1ccc(Nc2nc(OCCc3ccc(OC)c(OC)c3)nc(N3CCOCC3)n2)cc1. The second-order valence-electron chi connectivity index (χ2n) is 26.5. The highest BCUT2D eigenvalue weighted by molar-refractivity contribution is 6.04. The summed E-state index contributed by atoms with van der Waals surface area (Å²) in [7, 11) is 8.20. The molecule has 3 aliphatic heterocycles. The topological polar surface area (TPSA) is 317 Å². The van der Waals surface area contributed by atoms with Gasteiger partial charge in [-0.2, -0.15) is 44.9 Å². The minimum atomic E-state index is -0.167. The van der Waals surface area contributed by atoms with Crippen LogP contribution in [-0.2, 0) is 33.5 Å². The first-order chi connectivity index (χ1) is 57.5. The minimum absolute atomic E-state index is 0.167. The number of nitrogens with zero attached hydrogens (tertiary/aromatic N) is 12. The zero-order chi connectivity index (χ0) is 80.6. The summed E-state index contributed by atoms with van der Waals surface area (Å²) >= 11 is 0. The maximum atomic E-state index is 12.4. The zero-order valence-electron chi connectivity index (χ0n) is 65.9. The lowest BCUT2D eigenvalue weighted by Gasteiger charge is -2.27. The fraction of sp³-hybridized carbons (Fsp3) is 0.264. The predicted octanol–water partition coefficient (Wildman–Crippen LogP) is 14.0. The number of ether oxygens (including phenoxy) is 11. The molecule has 3 saturated heterocycles. The van der Waals surface area contributed by atoms with Gasteiger partial charge in [0.25, 0.3) is 5.91 Å². The quantitative estimate of drug-likeness (QED) is 0.0228. The van der Waals surface area contributed by atoms with Gasteiger partial charge in [-0.3, -0.25) is 4.79 Å². The molecule has 3 aliphatic rings. The Kier molecular flexibility index (Phi) is 29.4. The Balaban J connectivity index is 0.000000153. The standard InChI is InChI=1S/C30H34N6O5.C29H30N6O4.C28H30N6O3/c1-37-25-7-5-4-6-24(25)31-22-9-11-23(12-10-22)32-28-33-29(36-15-18-40-19-16-36)35-30(34-28)41-17-14-21-8-13-26(38-2)27(20-21)39-3;1-37-25-9-5-6-21(20-25)14-17-39-29-33-27(32-28(34-29)35-15-18-38-19-16-35)31-24-12-10-23(11-13-24)30-26(36)22-7-3-2-4-8-22;1-35-25-13-11-23(12-14-25)29-22-7-9-24(10-8-22)30-26-31-27(34-16-19-36-20-17-34)33-28(32-26)37-18-15-21-5-3-2-4-6-21/h4-13,20,31H,14-19H2,1-3H3,(H,32,33,34,35);2-13,20H,14-19H2,1H3,(H,30,36)(H,31,32,33,34);2-14,29H,15-20H2,1H3,(H,30,31,32,33). The van der Waals surface area contributed by atoms with E-state index < -0.39 is 0 Å². The molecule has 15 rings (SSSR count). The highest BCUT2D eigenvalue weighted by Gasteiger charge is 2.22. The third kappa shape index (κ3) is 24.6. The molecule has 0 unspecified atom stereocenters. The Morgan fingerprint density at radius 3 is 1.16 bits per heavy atom. The van der Waals surface area contributed by atoms with Crippen molar-refractivity contribution in [2.45, 2.75) is 19.3 Å². The Morgan fingerprint density at radius 1 is 0.325 bits per heavy atom. The normalized spacial score (nSPS) is 13.0. The predicted molar refractivity (Wildman–Crippen MR) is 451 cm³/mol. The molecule has 0 radical (unpaired) electrons. The third-order valence-corrected chi connectivity index (χ3v) is 18.5. The van der Waals surface area contributed by atoms with E-state index in [1.807, 2.05) is 205 Å². The molecule has 3 fully saturated rings. The summed E-state index contributed by atoms with van der Waals surface area (Å²) in [5, 5.41) is 19.5. The molecule has 0 spiro atoms. The number of hydrogen-bond donors (Lipinski definition) is 6. The van der Waals surface area contributed by atoms with Crippen LogP contribution >= 0.6 is 0 Å². The lowest BCUT2D eigenvalue weighted by molar-refractivity contribution is 0.102. The number of para-hydroxylation sites is 2. The molecule has 0 bridgehead atoms. The maximum absolute atomic E-state index is 12.4. The number of methoxy groups -OCH3 is 5. The number of carbonyl (C=O) groups is 1. The van der Waals surface area contributed by atoms with Gasteiger partial charge in [0.05, 0.1) is 101 Å². The number of morpholine rings is 3. The van der Waals surface area contributed by atoms with Crippen LogP contribution in [0.25, 0.3) is 0 Å². The van der Waals surface area contributed by atoms with Crippen LogP contribution in [0.15, 0.2) is 224 Å². The van der Waals surface area contributed by atoms with Crippen LogP contribution in [0, 0.1) is 0 Å². The molecule has 604 valence electrons. The van der Waals surface area contributed by atoms with Crippen LogP contribution in [0.2, 0.25) is 0 Å². The average molecular weight is 1580 g/mol. The number of anilines is 14. The van der Waals surface area contributed by atoms with Gasteiger partial charge in [-0.25, -0.2) is 0 Å². The molecule has 0 atom stereocenters. The average Bonchev–Trinajstić information content (AvgIpc) is 0.833. The number of rotatable bonds is 32. The van der Waals surface area contributed by atoms with Crippen molar-refractivity contribution in [3.8, 4) is 46.8 Å².